The van der Waals surface area contributed by atoms with Gasteiger partial charge >= 0.3 is 6.01 Å². The molecule has 0 saturated carbocycles. The number of nitrogens with one attached hydrogen (secondary N) is 2. The standard InChI is InChI=1S/C26H19ClN4O4S/c1-14-3-12-19-20(13-14)36-22(21(19)27)24(33)28-17-8-4-15(5-9-17)23(32)29-26-31-30-25(35-26)16-6-10-18(34-2)11-7-16/h3-13H,1-2H3,(H,28,33)(H,29,31,32). The van der Waals surface area contributed by atoms with E-state index in [1.165, 1.54) is 11.3 Å². The molecule has 0 aliphatic heterocycles. The maximum Gasteiger partial charge on any atom is 0.322 e. The van der Waals surface area contributed by atoms with Gasteiger partial charge in [-0.05, 0) is 67.1 Å². The summed E-state index contributed by atoms with van der Waals surface area (Å²) in [5, 5.41) is 14.5. The van der Waals surface area contributed by atoms with Gasteiger partial charge in [-0.25, -0.2) is 0 Å². The van der Waals surface area contributed by atoms with Crippen LogP contribution in [0.2, 0.25) is 5.02 Å². The summed E-state index contributed by atoms with van der Waals surface area (Å²) >= 11 is 7.78. The highest BCUT2D eigenvalue weighted by molar-refractivity contribution is 7.21. The number of aromatic nitrogens is 2. The SMILES string of the molecule is COc1ccc(-c2nnc(NC(=O)c3ccc(NC(=O)c4sc5cc(C)ccc5c4Cl)cc3)o2)cc1. The second kappa shape index (κ2) is 9.80. The Balaban J connectivity index is 1.24. The molecule has 0 fully saturated rings. The van der Waals surface area contributed by atoms with Gasteiger partial charge in [-0.15, -0.1) is 16.4 Å². The fourth-order valence-electron chi connectivity index (χ4n) is 3.50. The van der Waals surface area contributed by atoms with Crippen LogP contribution < -0.4 is 15.4 Å². The molecule has 0 spiro atoms. The molecule has 0 radical (unpaired) electrons. The number of hydrogen-bond donors (Lipinski definition) is 2. The Kier molecular flexibility index (Phi) is 6.41. The van der Waals surface area contributed by atoms with Crippen molar-refractivity contribution in [2.45, 2.75) is 6.92 Å². The number of anilines is 2. The van der Waals surface area contributed by atoms with Crippen molar-refractivity contribution in [2.75, 3.05) is 17.7 Å². The molecular weight excluding hydrogens is 500 g/mol. The molecule has 5 rings (SSSR count). The second-order valence-corrected chi connectivity index (χ2v) is 9.30. The summed E-state index contributed by atoms with van der Waals surface area (Å²) in [5.41, 5.74) is 2.67. The Bertz CT molecular complexity index is 1580. The summed E-state index contributed by atoms with van der Waals surface area (Å²) in [6.07, 6.45) is 0. The molecule has 3 aromatic carbocycles. The van der Waals surface area contributed by atoms with Crippen LogP contribution in [0.4, 0.5) is 11.7 Å². The van der Waals surface area contributed by atoms with E-state index in [0.717, 1.165) is 15.6 Å². The number of methoxy groups -OCH3 is 1. The predicted octanol–water partition coefficient (Wildman–Crippen LogP) is 6.43. The molecule has 0 bridgehead atoms. The largest absolute Gasteiger partial charge is 0.497 e. The van der Waals surface area contributed by atoms with Crippen molar-refractivity contribution in [3.63, 3.8) is 0 Å². The molecule has 0 atom stereocenters. The van der Waals surface area contributed by atoms with Crippen LogP contribution in [0.3, 0.4) is 0 Å². The molecule has 0 unspecified atom stereocenters. The first-order valence-corrected chi connectivity index (χ1v) is 12.0. The number of benzene rings is 3. The Morgan fingerprint density at radius 1 is 0.944 bits per heavy atom. The lowest BCUT2D eigenvalue weighted by Gasteiger charge is -2.06. The fraction of sp³-hybridized carbons (Fsp3) is 0.0769. The number of rotatable bonds is 6. The molecule has 0 aliphatic carbocycles. The van der Waals surface area contributed by atoms with Crippen molar-refractivity contribution in [1.82, 2.24) is 10.2 Å². The highest BCUT2D eigenvalue weighted by Gasteiger charge is 2.18. The number of carbonyl (C=O) groups is 2. The Hall–Kier alpha value is -4.21. The van der Waals surface area contributed by atoms with Crippen molar-refractivity contribution >= 4 is 56.5 Å². The quantitative estimate of drug-likeness (QED) is 0.268. The van der Waals surface area contributed by atoms with Crippen molar-refractivity contribution in [3.05, 3.63) is 87.8 Å². The zero-order chi connectivity index (χ0) is 25.2. The number of amides is 2. The van der Waals surface area contributed by atoms with E-state index in [9.17, 15) is 9.59 Å². The minimum absolute atomic E-state index is 0.0298. The topological polar surface area (TPSA) is 106 Å². The number of halogens is 1. The van der Waals surface area contributed by atoms with Crippen LogP contribution in [0.25, 0.3) is 21.5 Å². The Morgan fingerprint density at radius 3 is 2.42 bits per heavy atom. The second-order valence-electron chi connectivity index (χ2n) is 7.87. The molecule has 2 amide bonds. The fourth-order valence-corrected chi connectivity index (χ4v) is 5.01. The summed E-state index contributed by atoms with van der Waals surface area (Å²) in [6.45, 7) is 1.99. The van der Waals surface area contributed by atoms with Crippen LogP contribution in [0, 0.1) is 6.92 Å². The Morgan fingerprint density at radius 2 is 1.69 bits per heavy atom. The highest BCUT2D eigenvalue weighted by Crippen LogP contribution is 2.36. The van der Waals surface area contributed by atoms with Gasteiger partial charge < -0.3 is 14.5 Å². The van der Waals surface area contributed by atoms with Gasteiger partial charge in [-0.3, -0.25) is 14.9 Å². The van der Waals surface area contributed by atoms with Gasteiger partial charge in [0.05, 0.1) is 12.1 Å². The number of ether oxygens (including phenoxy) is 1. The van der Waals surface area contributed by atoms with E-state index in [1.807, 2.05) is 25.1 Å². The molecule has 5 aromatic rings. The zero-order valence-electron chi connectivity index (χ0n) is 19.2. The summed E-state index contributed by atoms with van der Waals surface area (Å²) in [6, 6.07) is 19.4. The maximum atomic E-state index is 12.8. The molecule has 2 N–H and O–H groups in total. The van der Waals surface area contributed by atoms with E-state index in [2.05, 4.69) is 20.8 Å². The average molecular weight is 519 g/mol. The smallest absolute Gasteiger partial charge is 0.322 e. The lowest BCUT2D eigenvalue weighted by Crippen LogP contribution is -2.13. The van der Waals surface area contributed by atoms with Crippen LogP contribution in [0.1, 0.15) is 25.6 Å². The molecule has 8 nitrogen and oxygen atoms in total. The van der Waals surface area contributed by atoms with E-state index in [-0.39, 0.29) is 17.8 Å². The Labute approximate surface area is 214 Å². The van der Waals surface area contributed by atoms with E-state index < -0.39 is 5.91 Å². The van der Waals surface area contributed by atoms with E-state index in [4.69, 9.17) is 20.8 Å². The summed E-state index contributed by atoms with van der Waals surface area (Å²) in [5.74, 6) is 0.225. The van der Waals surface area contributed by atoms with Crippen LogP contribution >= 0.6 is 22.9 Å². The molecule has 2 heterocycles. The minimum atomic E-state index is -0.430. The number of hydrogen-bond acceptors (Lipinski definition) is 7. The summed E-state index contributed by atoms with van der Waals surface area (Å²) in [4.78, 5) is 25.9. The van der Waals surface area contributed by atoms with Crippen molar-refractivity contribution in [1.29, 1.82) is 0 Å². The van der Waals surface area contributed by atoms with Gasteiger partial charge in [0.15, 0.2) is 0 Å². The van der Waals surface area contributed by atoms with Crippen molar-refractivity contribution in [2.24, 2.45) is 0 Å². The molecule has 0 aliphatic rings. The minimum Gasteiger partial charge on any atom is -0.497 e. The van der Waals surface area contributed by atoms with Gasteiger partial charge in [0.1, 0.15) is 10.6 Å². The molecule has 180 valence electrons. The number of carbonyl (C=O) groups excluding carboxylic acids is 2. The third kappa shape index (κ3) is 4.79. The van der Waals surface area contributed by atoms with Gasteiger partial charge in [-0.1, -0.05) is 28.8 Å². The number of thiophene rings is 1. The third-order valence-corrected chi connectivity index (χ3v) is 7.03. The number of nitrogens with zero attached hydrogens (tertiary/aromatic N) is 2. The normalized spacial score (nSPS) is 10.9. The van der Waals surface area contributed by atoms with Crippen LogP contribution in [-0.2, 0) is 0 Å². The van der Waals surface area contributed by atoms with Crippen LogP contribution in [0.5, 0.6) is 5.75 Å². The van der Waals surface area contributed by atoms with E-state index >= 15 is 0 Å². The average Bonchev–Trinajstić information content (AvgIpc) is 3.48. The van der Waals surface area contributed by atoms with Gasteiger partial charge in [0.2, 0.25) is 5.89 Å². The third-order valence-electron chi connectivity index (χ3n) is 5.38. The summed E-state index contributed by atoms with van der Waals surface area (Å²) < 4.78 is 11.6. The molecule has 36 heavy (non-hydrogen) atoms. The molecule has 10 heteroatoms. The molecular formula is C26H19ClN4O4S. The summed E-state index contributed by atoms with van der Waals surface area (Å²) in [7, 11) is 1.58. The van der Waals surface area contributed by atoms with E-state index in [0.29, 0.717) is 32.5 Å². The predicted molar refractivity (Wildman–Crippen MR) is 140 cm³/mol. The number of fused-ring (bicyclic) bond motifs is 1. The first kappa shape index (κ1) is 23.5. The lowest BCUT2D eigenvalue weighted by atomic mass is 10.2. The van der Waals surface area contributed by atoms with Gasteiger partial charge in [-0.2, -0.15) is 0 Å². The molecule has 0 saturated heterocycles. The van der Waals surface area contributed by atoms with Crippen LogP contribution in [-0.4, -0.2) is 29.1 Å². The van der Waals surface area contributed by atoms with Gasteiger partial charge in [0.25, 0.3) is 11.8 Å². The van der Waals surface area contributed by atoms with Crippen molar-refractivity contribution < 1.29 is 18.7 Å². The van der Waals surface area contributed by atoms with Crippen molar-refractivity contribution in [3.8, 4) is 17.2 Å². The van der Waals surface area contributed by atoms with Gasteiger partial charge in [0, 0.05) is 26.9 Å². The first-order chi connectivity index (χ1) is 17.4. The monoisotopic (exact) mass is 518 g/mol. The maximum absolute atomic E-state index is 12.8. The first-order valence-electron chi connectivity index (χ1n) is 10.8. The highest BCUT2D eigenvalue weighted by atomic mass is 35.5. The number of aryl methyl sites for hydroxylation is 1. The zero-order valence-corrected chi connectivity index (χ0v) is 20.7. The molecule has 2 aromatic heterocycles. The van der Waals surface area contributed by atoms with E-state index in [1.54, 1.807) is 55.6 Å². The van der Waals surface area contributed by atoms with Crippen LogP contribution in [0.15, 0.2) is 71.1 Å². The lowest BCUT2D eigenvalue weighted by molar-refractivity contribution is 0.101.